The molecule has 26 heavy (non-hydrogen) atoms. The highest BCUT2D eigenvalue weighted by molar-refractivity contribution is 5.92. The van der Waals surface area contributed by atoms with Gasteiger partial charge in [0.25, 0.3) is 0 Å². The van der Waals surface area contributed by atoms with E-state index in [1.165, 1.54) is 28.3 Å². The molecule has 1 unspecified atom stereocenters. The van der Waals surface area contributed by atoms with Crippen molar-refractivity contribution in [3.63, 3.8) is 0 Å². The van der Waals surface area contributed by atoms with Crippen LogP contribution in [0.15, 0.2) is 12.1 Å². The van der Waals surface area contributed by atoms with Crippen molar-refractivity contribution < 1.29 is 28.5 Å². The second kappa shape index (κ2) is 9.28. The molecule has 8 nitrogen and oxygen atoms in total. The van der Waals surface area contributed by atoms with Crippen molar-refractivity contribution >= 4 is 17.5 Å². The Balaban J connectivity index is 2.11. The average Bonchev–Trinajstić information content (AvgIpc) is 3.18. The molecule has 0 aliphatic carbocycles. The van der Waals surface area contributed by atoms with Gasteiger partial charge in [-0.05, 0) is 12.8 Å². The van der Waals surface area contributed by atoms with E-state index in [-0.39, 0.29) is 17.9 Å². The van der Waals surface area contributed by atoms with Crippen LogP contribution in [0.4, 0.5) is 5.69 Å². The van der Waals surface area contributed by atoms with E-state index in [0.717, 1.165) is 12.8 Å². The monoisotopic (exact) mass is 366 g/mol. The summed E-state index contributed by atoms with van der Waals surface area (Å²) >= 11 is 0. The van der Waals surface area contributed by atoms with Gasteiger partial charge in [0, 0.05) is 38.8 Å². The topological polar surface area (TPSA) is 86.3 Å². The largest absolute Gasteiger partial charge is 0.493 e. The summed E-state index contributed by atoms with van der Waals surface area (Å²) in [6.45, 7) is 2.70. The van der Waals surface area contributed by atoms with Crippen LogP contribution in [-0.4, -0.2) is 58.9 Å². The highest BCUT2D eigenvalue weighted by Crippen LogP contribution is 2.41. The van der Waals surface area contributed by atoms with Gasteiger partial charge in [-0.3, -0.25) is 9.59 Å². The van der Waals surface area contributed by atoms with Crippen molar-refractivity contribution in [3.8, 4) is 17.2 Å². The average molecular weight is 366 g/mol. The number of ether oxygens (including phenoxy) is 4. The maximum absolute atomic E-state index is 12.1. The zero-order chi connectivity index (χ0) is 19.1. The van der Waals surface area contributed by atoms with Crippen molar-refractivity contribution in [2.24, 2.45) is 0 Å². The van der Waals surface area contributed by atoms with Crippen LogP contribution in [0, 0.1) is 0 Å². The Morgan fingerprint density at radius 2 is 1.85 bits per heavy atom. The molecule has 0 radical (unpaired) electrons. The Hall–Kier alpha value is -2.48. The molecule has 0 saturated carbocycles. The number of benzene rings is 1. The van der Waals surface area contributed by atoms with Gasteiger partial charge in [-0.2, -0.15) is 0 Å². The summed E-state index contributed by atoms with van der Waals surface area (Å²) in [5, 5.41) is 2.81. The van der Waals surface area contributed by atoms with Gasteiger partial charge in [0.1, 0.15) is 6.10 Å². The molecule has 1 aromatic carbocycles. The van der Waals surface area contributed by atoms with Crippen molar-refractivity contribution in [1.29, 1.82) is 0 Å². The number of amides is 2. The molecule has 2 rings (SSSR count). The summed E-state index contributed by atoms with van der Waals surface area (Å²) in [6.07, 6.45) is 1.24. The Morgan fingerprint density at radius 3 is 2.31 bits per heavy atom. The maximum Gasteiger partial charge on any atom is 0.249 e. The summed E-state index contributed by atoms with van der Waals surface area (Å²) in [4.78, 5) is 25.7. The number of nitrogens with one attached hydrogen (secondary N) is 1. The second-order valence-electron chi connectivity index (χ2n) is 5.85. The molecule has 144 valence electrons. The summed E-state index contributed by atoms with van der Waals surface area (Å²) in [5.41, 5.74) is 0.596. The summed E-state index contributed by atoms with van der Waals surface area (Å²) in [6, 6.07) is 3.40. The minimum Gasteiger partial charge on any atom is -0.493 e. The first kappa shape index (κ1) is 19.8. The van der Waals surface area contributed by atoms with Gasteiger partial charge >= 0.3 is 0 Å². The smallest absolute Gasteiger partial charge is 0.249 e. The molecule has 1 N–H and O–H groups in total. The first-order chi connectivity index (χ1) is 12.5. The van der Waals surface area contributed by atoms with E-state index in [0.29, 0.717) is 42.6 Å². The summed E-state index contributed by atoms with van der Waals surface area (Å²) < 4.78 is 21.3. The van der Waals surface area contributed by atoms with Crippen LogP contribution in [-0.2, 0) is 14.3 Å². The normalized spacial score (nSPS) is 16.1. The standard InChI is InChI=1S/C18H26N2O6/c1-12(21)20(8-7-19-18(22)14-6-5-9-26-14)13-10-15(23-2)17(25-4)16(11-13)24-3/h10-11,14H,5-9H2,1-4H3,(H,19,22). The van der Waals surface area contributed by atoms with Gasteiger partial charge in [-0.15, -0.1) is 0 Å². The minimum absolute atomic E-state index is 0.143. The van der Waals surface area contributed by atoms with E-state index >= 15 is 0 Å². The lowest BCUT2D eigenvalue weighted by atomic mass is 10.2. The number of carbonyl (C=O) groups is 2. The van der Waals surface area contributed by atoms with Gasteiger partial charge < -0.3 is 29.2 Å². The lowest BCUT2D eigenvalue weighted by Crippen LogP contribution is -2.41. The molecular weight excluding hydrogens is 340 g/mol. The van der Waals surface area contributed by atoms with Gasteiger partial charge in [-0.25, -0.2) is 0 Å². The van der Waals surface area contributed by atoms with Crippen LogP contribution in [0.1, 0.15) is 19.8 Å². The molecule has 0 aromatic heterocycles. The summed E-state index contributed by atoms with van der Waals surface area (Å²) in [7, 11) is 4.55. The molecule has 1 aliphatic heterocycles. The third kappa shape index (κ3) is 4.57. The molecule has 1 aromatic rings. The Morgan fingerprint density at radius 1 is 1.19 bits per heavy atom. The van der Waals surface area contributed by atoms with Crippen LogP contribution in [0.2, 0.25) is 0 Å². The minimum atomic E-state index is -0.387. The van der Waals surface area contributed by atoms with Crippen molar-refractivity contribution in [2.75, 3.05) is 45.9 Å². The van der Waals surface area contributed by atoms with Crippen LogP contribution in [0.5, 0.6) is 17.2 Å². The van der Waals surface area contributed by atoms with Gasteiger partial charge in [-0.1, -0.05) is 0 Å². The third-order valence-electron chi connectivity index (χ3n) is 4.20. The Kier molecular flexibility index (Phi) is 7.08. The highest BCUT2D eigenvalue weighted by Gasteiger charge is 2.24. The zero-order valence-corrected chi connectivity index (χ0v) is 15.7. The molecule has 0 spiro atoms. The predicted molar refractivity (Wildman–Crippen MR) is 96.1 cm³/mol. The number of rotatable bonds is 8. The fourth-order valence-electron chi connectivity index (χ4n) is 2.88. The fourth-order valence-corrected chi connectivity index (χ4v) is 2.88. The molecule has 1 saturated heterocycles. The number of hydrogen-bond donors (Lipinski definition) is 1. The summed E-state index contributed by atoms with van der Waals surface area (Å²) in [5.74, 6) is 1.06. The van der Waals surface area contributed by atoms with Crippen LogP contribution < -0.4 is 24.4 Å². The second-order valence-corrected chi connectivity index (χ2v) is 5.85. The molecule has 8 heteroatoms. The number of methoxy groups -OCH3 is 3. The molecule has 1 fully saturated rings. The molecule has 0 bridgehead atoms. The Bertz CT molecular complexity index is 618. The lowest BCUT2D eigenvalue weighted by molar-refractivity contribution is -0.130. The maximum atomic E-state index is 12.1. The highest BCUT2D eigenvalue weighted by atomic mass is 16.5. The first-order valence-electron chi connectivity index (χ1n) is 8.49. The van der Waals surface area contributed by atoms with Crippen molar-refractivity contribution in [1.82, 2.24) is 5.32 Å². The van der Waals surface area contributed by atoms with Crippen LogP contribution in [0.25, 0.3) is 0 Å². The third-order valence-corrected chi connectivity index (χ3v) is 4.20. The van der Waals surface area contributed by atoms with Gasteiger partial charge in [0.2, 0.25) is 17.6 Å². The van der Waals surface area contributed by atoms with Crippen LogP contribution >= 0.6 is 0 Å². The van der Waals surface area contributed by atoms with E-state index in [9.17, 15) is 9.59 Å². The van der Waals surface area contributed by atoms with E-state index in [1.54, 1.807) is 17.0 Å². The van der Waals surface area contributed by atoms with Gasteiger partial charge in [0.15, 0.2) is 11.5 Å². The SMILES string of the molecule is COc1cc(N(CCNC(=O)C2CCCO2)C(C)=O)cc(OC)c1OC. The fraction of sp³-hybridized carbons (Fsp3) is 0.556. The molecule has 1 aliphatic rings. The van der Waals surface area contributed by atoms with E-state index in [2.05, 4.69) is 5.32 Å². The molecule has 1 heterocycles. The number of anilines is 1. The van der Waals surface area contributed by atoms with Crippen LogP contribution in [0.3, 0.4) is 0 Å². The molecule has 1 atom stereocenters. The van der Waals surface area contributed by atoms with E-state index in [1.807, 2.05) is 0 Å². The van der Waals surface area contributed by atoms with E-state index in [4.69, 9.17) is 18.9 Å². The molecular formula is C18H26N2O6. The Labute approximate surface area is 153 Å². The molecule has 2 amide bonds. The lowest BCUT2D eigenvalue weighted by Gasteiger charge is -2.24. The van der Waals surface area contributed by atoms with Gasteiger partial charge in [0.05, 0.1) is 27.0 Å². The number of carbonyl (C=O) groups excluding carboxylic acids is 2. The predicted octanol–water partition coefficient (Wildman–Crippen LogP) is 1.36. The number of hydrogen-bond acceptors (Lipinski definition) is 6. The van der Waals surface area contributed by atoms with Crippen molar-refractivity contribution in [3.05, 3.63) is 12.1 Å². The number of nitrogens with zero attached hydrogens (tertiary/aromatic N) is 1. The zero-order valence-electron chi connectivity index (χ0n) is 15.7. The van der Waals surface area contributed by atoms with Crippen molar-refractivity contribution in [2.45, 2.75) is 25.9 Å². The first-order valence-corrected chi connectivity index (χ1v) is 8.49. The van der Waals surface area contributed by atoms with E-state index < -0.39 is 0 Å². The quantitative estimate of drug-likeness (QED) is 0.748.